The van der Waals surface area contributed by atoms with Crippen LogP contribution in [0.25, 0.3) is 0 Å². The summed E-state index contributed by atoms with van der Waals surface area (Å²) < 4.78 is 39.5. The number of methoxy groups -OCH3 is 2. The predicted molar refractivity (Wildman–Crippen MR) is 122 cm³/mol. The summed E-state index contributed by atoms with van der Waals surface area (Å²) in [6.07, 6.45) is -7.26. The molecule has 36 heavy (non-hydrogen) atoms. The number of hydrogen-bond acceptors (Lipinski definition) is 11. The Bertz CT molecular complexity index is 1140. The van der Waals surface area contributed by atoms with Gasteiger partial charge in [-0.05, 0) is 18.2 Å². The molecule has 2 aromatic carbocycles. The van der Waals surface area contributed by atoms with Crippen LogP contribution in [0.2, 0.25) is 0 Å². The Hall–Kier alpha value is -3.25. The van der Waals surface area contributed by atoms with Crippen molar-refractivity contribution >= 4 is 5.97 Å². The quantitative estimate of drug-likeness (QED) is 0.486. The average Bonchev–Trinajstić information content (AvgIpc) is 3.26. The molecule has 0 unspecified atom stereocenters. The largest absolute Gasteiger partial charge is 0.493 e. The molecule has 1 fully saturated rings. The molecule has 0 spiro atoms. The number of carbonyl (C=O) groups is 1. The van der Waals surface area contributed by atoms with Gasteiger partial charge in [-0.3, -0.25) is 4.79 Å². The molecule has 0 aliphatic carbocycles. The highest BCUT2D eigenvalue weighted by molar-refractivity contribution is 5.66. The Balaban J connectivity index is 1.34. The maximum absolute atomic E-state index is 11.1. The maximum atomic E-state index is 11.1. The van der Waals surface area contributed by atoms with Gasteiger partial charge in [0.2, 0.25) is 12.0 Å². The van der Waals surface area contributed by atoms with Crippen molar-refractivity contribution < 1.29 is 53.3 Å². The molecule has 0 aromatic heterocycles. The highest BCUT2D eigenvalue weighted by atomic mass is 16.7. The molecular weight excluding hydrogens is 476 g/mol. The molecule has 11 heteroatoms. The van der Waals surface area contributed by atoms with E-state index in [4.69, 9.17) is 33.2 Å². The number of benzene rings is 2. The van der Waals surface area contributed by atoms with Gasteiger partial charge < -0.3 is 48.5 Å². The molecule has 0 saturated carbocycles. The van der Waals surface area contributed by atoms with Crippen LogP contribution in [0.4, 0.5) is 0 Å². The van der Waals surface area contributed by atoms with Crippen LogP contribution < -0.4 is 23.7 Å². The van der Waals surface area contributed by atoms with Crippen LogP contribution in [0.15, 0.2) is 30.3 Å². The molecule has 3 aliphatic heterocycles. The van der Waals surface area contributed by atoms with Crippen molar-refractivity contribution in [3.8, 4) is 28.7 Å². The molecular formula is C25H28O11. The lowest BCUT2D eigenvalue weighted by molar-refractivity contribution is -0.278. The first kappa shape index (κ1) is 24.4. The van der Waals surface area contributed by atoms with Crippen molar-refractivity contribution in [2.75, 3.05) is 27.4 Å². The highest BCUT2D eigenvalue weighted by Gasteiger charge is 2.46. The van der Waals surface area contributed by atoms with Gasteiger partial charge in [-0.15, -0.1) is 0 Å². The summed E-state index contributed by atoms with van der Waals surface area (Å²) in [5, 5.41) is 30.8. The Labute approximate surface area is 207 Å². The summed E-state index contributed by atoms with van der Waals surface area (Å²) in [6, 6.07) is 8.90. The number of esters is 1. The predicted octanol–water partition coefficient (Wildman–Crippen LogP) is 1.06. The number of aliphatic hydroxyl groups excluding tert-OH is 3. The van der Waals surface area contributed by atoms with Gasteiger partial charge in [0.25, 0.3) is 0 Å². The van der Waals surface area contributed by atoms with E-state index in [1.807, 2.05) is 12.1 Å². The van der Waals surface area contributed by atoms with Gasteiger partial charge in [0.15, 0.2) is 11.5 Å². The van der Waals surface area contributed by atoms with Gasteiger partial charge in [-0.1, -0.05) is 6.07 Å². The van der Waals surface area contributed by atoms with E-state index >= 15 is 0 Å². The molecule has 194 valence electrons. The fraction of sp³-hybridized carbons (Fsp3) is 0.480. The third-order valence-corrected chi connectivity index (χ3v) is 6.62. The summed E-state index contributed by atoms with van der Waals surface area (Å²) >= 11 is 0. The molecule has 3 N–H and O–H groups in total. The molecule has 5 rings (SSSR count). The minimum Gasteiger partial charge on any atom is -0.493 e. The third-order valence-electron chi connectivity index (χ3n) is 6.62. The van der Waals surface area contributed by atoms with Crippen LogP contribution in [0.3, 0.4) is 0 Å². The molecule has 11 nitrogen and oxygen atoms in total. The van der Waals surface area contributed by atoms with Crippen molar-refractivity contribution in [3.05, 3.63) is 41.5 Å². The first-order valence-electron chi connectivity index (χ1n) is 11.5. The van der Waals surface area contributed by atoms with Crippen molar-refractivity contribution in [1.29, 1.82) is 0 Å². The number of hydrogen-bond donors (Lipinski definition) is 3. The minimum atomic E-state index is -1.56. The number of aliphatic hydroxyl groups is 3. The summed E-state index contributed by atoms with van der Waals surface area (Å²) in [5.74, 6) is 1.95. The van der Waals surface area contributed by atoms with Gasteiger partial charge in [0.1, 0.15) is 48.6 Å². The fourth-order valence-electron chi connectivity index (χ4n) is 4.77. The van der Waals surface area contributed by atoms with Crippen LogP contribution in [0, 0.1) is 0 Å². The van der Waals surface area contributed by atoms with Gasteiger partial charge in [-0.25, -0.2) is 0 Å². The second-order valence-corrected chi connectivity index (χ2v) is 8.81. The summed E-state index contributed by atoms with van der Waals surface area (Å²) in [7, 11) is 3.13. The monoisotopic (exact) mass is 504 g/mol. The van der Waals surface area contributed by atoms with Gasteiger partial charge in [-0.2, -0.15) is 0 Å². The van der Waals surface area contributed by atoms with Crippen LogP contribution in [-0.4, -0.2) is 79.4 Å². The lowest BCUT2D eigenvalue weighted by atomic mass is 9.89. The highest BCUT2D eigenvalue weighted by Crippen LogP contribution is 2.56. The first-order chi connectivity index (χ1) is 17.3. The molecule has 1 saturated heterocycles. The average molecular weight is 504 g/mol. The van der Waals surface area contributed by atoms with E-state index in [-0.39, 0.29) is 18.6 Å². The number of carbonyl (C=O) groups excluding carboxylic acids is 1. The molecule has 2 aromatic rings. The van der Waals surface area contributed by atoms with E-state index < -0.39 is 36.7 Å². The fourth-order valence-corrected chi connectivity index (χ4v) is 4.77. The number of rotatable bonds is 6. The van der Waals surface area contributed by atoms with E-state index in [1.165, 1.54) is 6.92 Å². The summed E-state index contributed by atoms with van der Waals surface area (Å²) in [4.78, 5) is 11.1. The Kier molecular flexibility index (Phi) is 6.56. The summed E-state index contributed by atoms with van der Waals surface area (Å²) in [5.41, 5.74) is 1.78. The molecule has 0 amide bonds. The van der Waals surface area contributed by atoms with E-state index in [0.717, 1.165) is 11.1 Å². The molecule has 0 bridgehead atoms. The smallest absolute Gasteiger partial charge is 0.302 e. The zero-order valence-electron chi connectivity index (χ0n) is 20.0. The van der Waals surface area contributed by atoms with Gasteiger partial charge in [0.05, 0.1) is 26.7 Å². The zero-order chi connectivity index (χ0) is 25.6. The van der Waals surface area contributed by atoms with E-state index in [2.05, 4.69) is 0 Å². The SMILES string of the molecule is COc1ccc2c(c1OC)O[C@H]1c3ccc(O[C@H]4O[C@H](COC(C)=O)[C@@H](O)[C@H](O)[C@H]4O)cc3OC[C@@H]21. The van der Waals surface area contributed by atoms with Crippen LogP contribution in [0.1, 0.15) is 30.1 Å². The number of fused-ring (bicyclic) bond motifs is 5. The zero-order valence-corrected chi connectivity index (χ0v) is 20.0. The molecule has 3 aliphatic rings. The Morgan fingerprint density at radius 2 is 1.81 bits per heavy atom. The second-order valence-electron chi connectivity index (χ2n) is 8.81. The van der Waals surface area contributed by atoms with Crippen LogP contribution >= 0.6 is 0 Å². The molecule has 0 radical (unpaired) electrons. The van der Waals surface area contributed by atoms with Crippen molar-refractivity contribution in [2.45, 2.75) is 49.7 Å². The van der Waals surface area contributed by atoms with E-state index in [1.54, 1.807) is 32.4 Å². The lowest BCUT2D eigenvalue weighted by Gasteiger charge is -2.40. The van der Waals surface area contributed by atoms with Crippen LogP contribution in [0.5, 0.6) is 28.7 Å². The van der Waals surface area contributed by atoms with E-state index in [9.17, 15) is 20.1 Å². The van der Waals surface area contributed by atoms with Crippen molar-refractivity contribution in [1.82, 2.24) is 0 Å². The van der Waals surface area contributed by atoms with Gasteiger partial charge in [0, 0.05) is 24.1 Å². The number of ether oxygens (including phenoxy) is 7. The van der Waals surface area contributed by atoms with Crippen molar-refractivity contribution in [3.63, 3.8) is 0 Å². The molecule has 7 atom stereocenters. The minimum absolute atomic E-state index is 0.0405. The van der Waals surface area contributed by atoms with Crippen LogP contribution in [-0.2, 0) is 14.3 Å². The first-order valence-corrected chi connectivity index (χ1v) is 11.5. The van der Waals surface area contributed by atoms with E-state index in [0.29, 0.717) is 35.4 Å². The Morgan fingerprint density at radius 1 is 1.03 bits per heavy atom. The standard InChI is InChI=1S/C25H28O11/c1-11(26)32-10-18-19(27)20(28)21(29)25(35-18)34-12-4-5-14-17(8-12)33-9-15-13-6-7-16(30-2)24(31-3)23(13)36-22(14)15/h4-8,15,18-22,25,27-29H,9-10H2,1-3H3/t15-,18+,19+,20-,21+,22-,25-/m0/s1. The normalized spacial score (nSPS) is 30.1. The Morgan fingerprint density at radius 3 is 2.53 bits per heavy atom. The topological polar surface area (TPSA) is 142 Å². The maximum Gasteiger partial charge on any atom is 0.302 e. The molecule has 3 heterocycles. The second kappa shape index (κ2) is 9.66. The lowest BCUT2D eigenvalue weighted by Crippen LogP contribution is -2.60. The van der Waals surface area contributed by atoms with Gasteiger partial charge >= 0.3 is 5.97 Å². The third kappa shape index (κ3) is 4.17. The van der Waals surface area contributed by atoms with Crippen molar-refractivity contribution in [2.24, 2.45) is 0 Å². The summed E-state index contributed by atoms with van der Waals surface area (Å²) in [6.45, 7) is 1.27.